The maximum atomic E-state index is 12.3. The van der Waals surface area contributed by atoms with Gasteiger partial charge in [0.2, 0.25) is 5.91 Å². The van der Waals surface area contributed by atoms with Crippen molar-refractivity contribution in [2.45, 2.75) is 25.1 Å². The summed E-state index contributed by atoms with van der Waals surface area (Å²) in [5.41, 5.74) is 7.12. The molecule has 1 amide bonds. The van der Waals surface area contributed by atoms with Gasteiger partial charge in [-0.15, -0.1) is 0 Å². The second-order valence-corrected chi connectivity index (χ2v) is 8.51. The van der Waals surface area contributed by atoms with Crippen LogP contribution in [0.1, 0.15) is 25.0 Å². The molecule has 0 aliphatic heterocycles. The summed E-state index contributed by atoms with van der Waals surface area (Å²) in [6.45, 7) is 3.10. The Balaban J connectivity index is 2.96. The van der Waals surface area contributed by atoms with E-state index in [-0.39, 0.29) is 11.5 Å². The summed E-state index contributed by atoms with van der Waals surface area (Å²) in [4.78, 5) is 14.0. The van der Waals surface area contributed by atoms with Gasteiger partial charge in [-0.25, -0.2) is 8.42 Å². The summed E-state index contributed by atoms with van der Waals surface area (Å²) in [7, 11) is -1.92. The predicted molar refractivity (Wildman–Crippen MR) is 87.7 cm³/mol. The van der Waals surface area contributed by atoms with Gasteiger partial charge in [0.05, 0.1) is 0 Å². The molecule has 0 aliphatic carbocycles. The Hall–Kier alpha value is -1.47. The van der Waals surface area contributed by atoms with E-state index in [9.17, 15) is 13.2 Å². The Morgan fingerprint density at radius 3 is 2.43 bits per heavy atom. The molecule has 0 atom stereocenters. The average Bonchev–Trinajstić information content (AvgIpc) is 2.36. The lowest BCUT2D eigenvalue weighted by atomic mass is 10.1. The molecule has 0 bridgehead atoms. The van der Waals surface area contributed by atoms with Crippen molar-refractivity contribution in [3.63, 3.8) is 0 Å². The lowest BCUT2D eigenvalue weighted by molar-refractivity contribution is -0.132. The molecule has 0 radical (unpaired) electrons. The lowest BCUT2D eigenvalue weighted by Gasteiger charge is -2.28. The van der Waals surface area contributed by atoms with E-state index in [0.29, 0.717) is 5.56 Å². The van der Waals surface area contributed by atoms with Crippen LogP contribution in [0.4, 0.5) is 0 Å². The Morgan fingerprint density at radius 1 is 1.38 bits per heavy atom. The van der Waals surface area contributed by atoms with Crippen molar-refractivity contribution in [1.29, 1.82) is 0 Å². The van der Waals surface area contributed by atoms with Crippen molar-refractivity contribution in [1.82, 2.24) is 4.90 Å². The molecule has 0 aromatic heterocycles. The van der Waals surface area contributed by atoms with Crippen LogP contribution >= 0.6 is 12.2 Å². The highest BCUT2D eigenvalue weighted by atomic mass is 32.2. The predicted octanol–water partition coefficient (Wildman–Crippen LogP) is 1.10. The van der Waals surface area contributed by atoms with Crippen LogP contribution in [0.15, 0.2) is 24.3 Å². The minimum absolute atomic E-state index is 0.280. The molecule has 0 saturated carbocycles. The SMILES string of the molecule is CN(Cc1cccc(C(N)=S)c1)C(=O)C(C)(C)S(C)(=O)=O. The van der Waals surface area contributed by atoms with E-state index in [2.05, 4.69) is 0 Å². The van der Waals surface area contributed by atoms with E-state index >= 15 is 0 Å². The molecular formula is C14H20N2O3S2. The molecule has 0 fully saturated rings. The van der Waals surface area contributed by atoms with E-state index in [1.165, 1.54) is 18.7 Å². The number of benzene rings is 1. The summed E-state index contributed by atoms with van der Waals surface area (Å²) >= 11 is 4.91. The fraction of sp³-hybridized carbons (Fsp3) is 0.429. The quantitative estimate of drug-likeness (QED) is 0.819. The fourth-order valence-corrected chi connectivity index (χ4v) is 2.39. The third-order valence-electron chi connectivity index (χ3n) is 3.42. The second kappa shape index (κ2) is 6.11. The van der Waals surface area contributed by atoms with Crippen LogP contribution in [0.3, 0.4) is 0 Å². The summed E-state index contributed by atoms with van der Waals surface area (Å²) in [6, 6.07) is 7.20. The molecule has 21 heavy (non-hydrogen) atoms. The van der Waals surface area contributed by atoms with Gasteiger partial charge in [-0.3, -0.25) is 4.79 Å². The maximum Gasteiger partial charge on any atom is 0.243 e. The number of amides is 1. The highest BCUT2D eigenvalue weighted by molar-refractivity contribution is 7.92. The summed E-state index contributed by atoms with van der Waals surface area (Å²) < 4.78 is 22.0. The molecule has 7 heteroatoms. The number of carbonyl (C=O) groups is 1. The van der Waals surface area contributed by atoms with E-state index in [1.54, 1.807) is 25.2 Å². The number of rotatable bonds is 5. The number of hydrogen-bond donors (Lipinski definition) is 1. The zero-order valence-electron chi connectivity index (χ0n) is 12.6. The van der Waals surface area contributed by atoms with Crippen LogP contribution < -0.4 is 5.73 Å². The third-order valence-corrected chi connectivity index (χ3v) is 5.68. The van der Waals surface area contributed by atoms with Crippen LogP contribution in [-0.2, 0) is 21.2 Å². The van der Waals surface area contributed by atoms with Gasteiger partial charge < -0.3 is 10.6 Å². The minimum atomic E-state index is -3.49. The molecule has 2 N–H and O–H groups in total. The van der Waals surface area contributed by atoms with Crippen LogP contribution in [0.2, 0.25) is 0 Å². The Labute approximate surface area is 131 Å². The van der Waals surface area contributed by atoms with Crippen molar-refractivity contribution in [2.24, 2.45) is 5.73 Å². The Morgan fingerprint density at radius 2 is 1.95 bits per heavy atom. The van der Waals surface area contributed by atoms with Gasteiger partial charge in [0.15, 0.2) is 9.84 Å². The molecule has 1 rings (SSSR count). The number of nitrogens with zero attached hydrogens (tertiary/aromatic N) is 1. The van der Waals surface area contributed by atoms with Crippen molar-refractivity contribution in [2.75, 3.05) is 13.3 Å². The van der Waals surface area contributed by atoms with E-state index in [1.807, 2.05) is 6.07 Å². The summed E-state index contributed by atoms with van der Waals surface area (Å²) in [6.07, 6.45) is 1.06. The first-order valence-electron chi connectivity index (χ1n) is 6.30. The third kappa shape index (κ3) is 4.01. The van der Waals surface area contributed by atoms with E-state index in [0.717, 1.165) is 11.8 Å². The van der Waals surface area contributed by atoms with Gasteiger partial charge in [0.25, 0.3) is 0 Å². The van der Waals surface area contributed by atoms with Crippen molar-refractivity contribution in [3.8, 4) is 0 Å². The van der Waals surface area contributed by atoms with Crippen LogP contribution in [-0.4, -0.2) is 42.3 Å². The average molecular weight is 328 g/mol. The van der Waals surface area contributed by atoms with Gasteiger partial charge >= 0.3 is 0 Å². The number of sulfone groups is 1. The number of hydrogen-bond acceptors (Lipinski definition) is 4. The highest BCUT2D eigenvalue weighted by Gasteiger charge is 2.40. The summed E-state index contributed by atoms with van der Waals surface area (Å²) in [5, 5.41) is 0. The normalized spacial score (nSPS) is 12.0. The van der Waals surface area contributed by atoms with Crippen molar-refractivity contribution in [3.05, 3.63) is 35.4 Å². The first-order chi connectivity index (χ1) is 9.46. The second-order valence-electron chi connectivity index (χ2n) is 5.51. The standard InChI is InChI=1S/C14H20N2O3S2/c1-14(2,21(4,18)19)13(17)16(3)9-10-6-5-7-11(8-10)12(15)20/h5-8H,9H2,1-4H3,(H2,15,20). The molecule has 116 valence electrons. The van der Waals surface area contributed by atoms with Gasteiger partial charge in [-0.2, -0.15) is 0 Å². The highest BCUT2D eigenvalue weighted by Crippen LogP contribution is 2.19. The van der Waals surface area contributed by atoms with Crippen molar-refractivity contribution >= 4 is 33.0 Å². The zero-order chi connectivity index (χ0) is 16.4. The molecule has 5 nitrogen and oxygen atoms in total. The minimum Gasteiger partial charge on any atom is -0.389 e. The number of thiocarbonyl (C=S) groups is 1. The fourth-order valence-electron chi connectivity index (χ4n) is 1.79. The topological polar surface area (TPSA) is 80.5 Å². The van der Waals surface area contributed by atoms with Gasteiger partial charge in [0.1, 0.15) is 9.74 Å². The first-order valence-corrected chi connectivity index (χ1v) is 8.60. The Bertz CT molecular complexity index is 667. The largest absolute Gasteiger partial charge is 0.389 e. The van der Waals surface area contributed by atoms with Crippen LogP contribution in [0, 0.1) is 0 Å². The molecule has 0 heterocycles. The van der Waals surface area contributed by atoms with Gasteiger partial charge in [-0.05, 0) is 25.5 Å². The van der Waals surface area contributed by atoms with Crippen molar-refractivity contribution < 1.29 is 13.2 Å². The number of carbonyl (C=O) groups excluding carboxylic acids is 1. The molecule has 1 aromatic rings. The molecule has 0 spiro atoms. The van der Waals surface area contributed by atoms with Gasteiger partial charge in [0, 0.05) is 25.4 Å². The molecule has 0 unspecified atom stereocenters. The first kappa shape index (κ1) is 17.6. The van der Waals surface area contributed by atoms with E-state index < -0.39 is 20.5 Å². The maximum absolute atomic E-state index is 12.3. The molecule has 1 aromatic carbocycles. The van der Waals surface area contributed by atoms with Crippen LogP contribution in [0.25, 0.3) is 0 Å². The Kier molecular flexibility index (Phi) is 5.11. The number of nitrogens with two attached hydrogens (primary N) is 1. The van der Waals surface area contributed by atoms with E-state index in [4.69, 9.17) is 18.0 Å². The molecule has 0 aliphatic rings. The van der Waals surface area contributed by atoms with Gasteiger partial charge in [-0.1, -0.05) is 30.4 Å². The summed E-state index contributed by atoms with van der Waals surface area (Å²) in [5.74, 6) is -0.453. The van der Waals surface area contributed by atoms with Crippen LogP contribution in [0.5, 0.6) is 0 Å². The smallest absolute Gasteiger partial charge is 0.243 e. The molecule has 0 saturated heterocycles. The molecular weight excluding hydrogens is 308 g/mol. The lowest BCUT2D eigenvalue weighted by Crippen LogP contribution is -2.48. The monoisotopic (exact) mass is 328 g/mol. The zero-order valence-corrected chi connectivity index (χ0v) is 14.2.